The number of aromatic nitrogens is 2. The van der Waals surface area contributed by atoms with Gasteiger partial charge in [0.05, 0.1) is 31.3 Å². The Balaban J connectivity index is 2.22. The average Bonchev–Trinajstić information content (AvgIpc) is 3.00. The number of fused-ring (bicyclic) bond motifs is 1. The van der Waals surface area contributed by atoms with Crippen LogP contribution in [-0.4, -0.2) is 32.2 Å². The van der Waals surface area contributed by atoms with Crippen LogP contribution in [0.25, 0.3) is 11.0 Å². The Morgan fingerprint density at radius 1 is 1.08 bits per heavy atom. The van der Waals surface area contributed by atoms with Gasteiger partial charge in [0.25, 0.3) is 10.0 Å². The largest absolute Gasteiger partial charge is 0.493 e. The van der Waals surface area contributed by atoms with Crippen LogP contribution in [0.15, 0.2) is 47.6 Å². The maximum atomic E-state index is 12.0. The number of hydrogen-bond acceptors (Lipinski definition) is 5. The summed E-state index contributed by atoms with van der Waals surface area (Å²) < 4.78 is 36.3. The van der Waals surface area contributed by atoms with Crippen LogP contribution in [0.2, 0.25) is 0 Å². The van der Waals surface area contributed by atoms with Crippen LogP contribution in [0, 0.1) is 0 Å². The van der Waals surface area contributed by atoms with Crippen LogP contribution < -0.4 is 14.6 Å². The van der Waals surface area contributed by atoms with E-state index in [1.165, 1.54) is 0 Å². The number of nitrogens with two attached hydrogens (primary N) is 1. The molecule has 7 nitrogen and oxygen atoms in total. The van der Waals surface area contributed by atoms with Gasteiger partial charge in [0, 0.05) is 0 Å². The number of para-hydroxylation sites is 2. The zero-order valence-corrected chi connectivity index (χ0v) is 14.9. The van der Waals surface area contributed by atoms with E-state index in [9.17, 15) is 8.42 Å². The fourth-order valence-corrected chi connectivity index (χ4v) is 3.62. The SMILES string of the molecule is COc1ccc(C(C)n2c(S(N)(=O)=O)nc3ccccc32)cc1OC. The van der Waals surface area contributed by atoms with Gasteiger partial charge < -0.3 is 14.0 Å². The van der Waals surface area contributed by atoms with E-state index >= 15 is 0 Å². The van der Waals surface area contributed by atoms with Crippen LogP contribution in [0.5, 0.6) is 11.5 Å². The highest BCUT2D eigenvalue weighted by Crippen LogP contribution is 2.33. The zero-order valence-electron chi connectivity index (χ0n) is 14.1. The predicted octanol–water partition coefficient (Wildman–Crippen LogP) is 2.31. The third kappa shape index (κ3) is 3.06. The van der Waals surface area contributed by atoms with Gasteiger partial charge in [-0.15, -0.1) is 0 Å². The lowest BCUT2D eigenvalue weighted by Gasteiger charge is -2.19. The molecule has 8 heteroatoms. The van der Waals surface area contributed by atoms with Gasteiger partial charge in [-0.3, -0.25) is 0 Å². The van der Waals surface area contributed by atoms with Crippen LogP contribution in [-0.2, 0) is 10.0 Å². The zero-order chi connectivity index (χ0) is 18.2. The number of primary sulfonamides is 1. The second-order valence-corrected chi connectivity index (χ2v) is 7.04. The van der Waals surface area contributed by atoms with Crippen LogP contribution in [0.3, 0.4) is 0 Å². The third-order valence-corrected chi connectivity index (χ3v) is 4.89. The summed E-state index contributed by atoms with van der Waals surface area (Å²) in [5, 5.41) is 5.21. The molecule has 3 aromatic rings. The van der Waals surface area contributed by atoms with E-state index in [0.717, 1.165) is 5.56 Å². The Hall–Kier alpha value is -2.58. The normalized spacial score (nSPS) is 13.0. The van der Waals surface area contributed by atoms with Crippen molar-refractivity contribution in [3.05, 3.63) is 48.0 Å². The quantitative estimate of drug-likeness (QED) is 0.752. The van der Waals surface area contributed by atoms with Crippen molar-refractivity contribution in [1.82, 2.24) is 9.55 Å². The molecule has 1 heterocycles. The number of rotatable bonds is 5. The summed E-state index contributed by atoms with van der Waals surface area (Å²) in [7, 11) is -0.872. The Kier molecular flexibility index (Phi) is 4.40. The monoisotopic (exact) mass is 361 g/mol. The van der Waals surface area contributed by atoms with E-state index in [0.29, 0.717) is 22.5 Å². The summed E-state index contributed by atoms with van der Waals surface area (Å²) in [4.78, 5) is 4.20. The van der Waals surface area contributed by atoms with Gasteiger partial charge in [-0.2, -0.15) is 0 Å². The highest BCUT2D eigenvalue weighted by molar-refractivity contribution is 7.89. The molecular formula is C17H19N3O4S. The predicted molar refractivity (Wildman–Crippen MR) is 94.5 cm³/mol. The molecule has 3 rings (SSSR count). The molecule has 2 N–H and O–H groups in total. The lowest BCUT2D eigenvalue weighted by atomic mass is 10.1. The number of methoxy groups -OCH3 is 2. The molecule has 1 atom stereocenters. The second kappa shape index (κ2) is 6.38. The minimum Gasteiger partial charge on any atom is -0.493 e. The summed E-state index contributed by atoms with van der Waals surface area (Å²) in [5.74, 6) is 1.16. The molecule has 0 radical (unpaired) electrons. The lowest BCUT2D eigenvalue weighted by molar-refractivity contribution is 0.354. The first-order valence-electron chi connectivity index (χ1n) is 7.58. The van der Waals surface area contributed by atoms with Crippen molar-refractivity contribution < 1.29 is 17.9 Å². The summed E-state index contributed by atoms with van der Waals surface area (Å²) in [5.41, 5.74) is 2.10. The molecule has 1 aromatic heterocycles. The summed E-state index contributed by atoms with van der Waals surface area (Å²) >= 11 is 0. The van der Waals surface area contributed by atoms with E-state index in [4.69, 9.17) is 14.6 Å². The molecule has 0 aliphatic rings. The van der Waals surface area contributed by atoms with Gasteiger partial charge in [0.2, 0.25) is 5.16 Å². The fraction of sp³-hybridized carbons (Fsp3) is 0.235. The molecule has 132 valence electrons. The lowest BCUT2D eigenvalue weighted by Crippen LogP contribution is -2.20. The maximum absolute atomic E-state index is 12.0. The molecule has 0 fully saturated rings. The highest BCUT2D eigenvalue weighted by Gasteiger charge is 2.24. The Labute approximate surface area is 146 Å². The number of hydrogen-bond donors (Lipinski definition) is 1. The Bertz CT molecular complexity index is 1030. The van der Waals surface area contributed by atoms with E-state index in [1.807, 2.05) is 31.2 Å². The number of imidazole rings is 1. The third-order valence-electron chi connectivity index (χ3n) is 4.10. The minimum absolute atomic E-state index is 0.170. The van der Waals surface area contributed by atoms with Crippen molar-refractivity contribution in [3.63, 3.8) is 0 Å². The van der Waals surface area contributed by atoms with E-state index in [2.05, 4.69) is 4.98 Å². The van der Waals surface area contributed by atoms with Crippen molar-refractivity contribution in [2.75, 3.05) is 14.2 Å². The molecular weight excluding hydrogens is 342 g/mol. The number of nitrogens with zero attached hydrogens (tertiary/aromatic N) is 2. The average molecular weight is 361 g/mol. The first-order valence-corrected chi connectivity index (χ1v) is 9.13. The van der Waals surface area contributed by atoms with Gasteiger partial charge in [0.15, 0.2) is 11.5 Å². The molecule has 1 unspecified atom stereocenters. The van der Waals surface area contributed by atoms with Gasteiger partial charge in [-0.25, -0.2) is 18.5 Å². The van der Waals surface area contributed by atoms with Crippen LogP contribution >= 0.6 is 0 Å². The fourth-order valence-electron chi connectivity index (χ4n) is 2.86. The summed E-state index contributed by atoms with van der Waals surface area (Å²) in [6, 6.07) is 12.3. The first-order chi connectivity index (χ1) is 11.9. The molecule has 0 aliphatic carbocycles. The Morgan fingerprint density at radius 3 is 2.40 bits per heavy atom. The topological polar surface area (TPSA) is 96.4 Å². The van der Waals surface area contributed by atoms with Crippen molar-refractivity contribution >= 4 is 21.1 Å². The molecule has 2 aromatic carbocycles. The molecule has 0 saturated carbocycles. The maximum Gasteiger partial charge on any atom is 0.272 e. The second-order valence-electron chi connectivity index (χ2n) is 5.59. The van der Waals surface area contributed by atoms with Gasteiger partial charge >= 0.3 is 0 Å². The van der Waals surface area contributed by atoms with E-state index in [-0.39, 0.29) is 11.2 Å². The molecule has 25 heavy (non-hydrogen) atoms. The van der Waals surface area contributed by atoms with Gasteiger partial charge in [-0.1, -0.05) is 18.2 Å². The summed E-state index contributed by atoms with van der Waals surface area (Å²) in [6.45, 7) is 1.88. The molecule has 0 bridgehead atoms. The molecule has 0 saturated heterocycles. The van der Waals surface area contributed by atoms with Crippen molar-refractivity contribution in [2.24, 2.45) is 5.14 Å². The van der Waals surface area contributed by atoms with Gasteiger partial charge in [0.1, 0.15) is 0 Å². The van der Waals surface area contributed by atoms with E-state index in [1.54, 1.807) is 37.0 Å². The molecule has 0 aliphatic heterocycles. The van der Waals surface area contributed by atoms with Crippen LogP contribution in [0.4, 0.5) is 0 Å². The van der Waals surface area contributed by atoms with Crippen LogP contribution in [0.1, 0.15) is 18.5 Å². The number of benzene rings is 2. The van der Waals surface area contributed by atoms with Gasteiger partial charge in [-0.05, 0) is 36.8 Å². The van der Waals surface area contributed by atoms with Crippen molar-refractivity contribution in [3.8, 4) is 11.5 Å². The number of sulfonamides is 1. The summed E-state index contributed by atoms with van der Waals surface area (Å²) in [6.07, 6.45) is 0. The molecule has 0 amide bonds. The minimum atomic E-state index is -3.98. The Morgan fingerprint density at radius 2 is 1.76 bits per heavy atom. The smallest absolute Gasteiger partial charge is 0.272 e. The highest BCUT2D eigenvalue weighted by atomic mass is 32.2. The standard InChI is InChI=1S/C17H19N3O4S/c1-11(12-8-9-15(23-2)16(10-12)24-3)20-14-7-5-4-6-13(14)19-17(20)25(18,21)22/h4-11H,1-3H3,(H2,18,21,22). The van der Waals surface area contributed by atoms with Crippen molar-refractivity contribution in [1.29, 1.82) is 0 Å². The number of ether oxygens (including phenoxy) is 2. The molecule has 0 spiro atoms. The van der Waals surface area contributed by atoms with E-state index < -0.39 is 10.0 Å². The first kappa shape index (κ1) is 17.2. The van der Waals surface area contributed by atoms with Crippen molar-refractivity contribution in [2.45, 2.75) is 18.1 Å².